The van der Waals surface area contributed by atoms with Crippen molar-refractivity contribution >= 4 is 33.0 Å². The van der Waals surface area contributed by atoms with Crippen LogP contribution in [-0.2, 0) is 14.6 Å². The van der Waals surface area contributed by atoms with Crippen molar-refractivity contribution in [3.05, 3.63) is 54.1 Å². The van der Waals surface area contributed by atoms with Crippen LogP contribution in [0, 0.1) is 0 Å². The topological polar surface area (TPSA) is 104 Å². The second-order valence-corrected chi connectivity index (χ2v) is 9.22. The Morgan fingerprint density at radius 2 is 1.76 bits per heavy atom. The molecule has 0 aliphatic heterocycles. The van der Waals surface area contributed by atoms with Crippen molar-refractivity contribution in [3.63, 3.8) is 0 Å². The largest absolute Gasteiger partial charge is 0.376 e. The van der Waals surface area contributed by atoms with E-state index in [0.29, 0.717) is 16.9 Å². The van der Waals surface area contributed by atoms with Crippen molar-refractivity contribution in [1.29, 1.82) is 0 Å². The Balaban J connectivity index is 1.62. The first-order chi connectivity index (χ1) is 13.8. The first-order valence-corrected chi connectivity index (χ1v) is 11.5. The highest BCUT2D eigenvalue weighted by molar-refractivity contribution is 7.90. The second kappa shape index (κ2) is 9.09. The number of carbonyl (C=O) groups is 2. The first kappa shape index (κ1) is 20.9. The van der Waals surface area contributed by atoms with E-state index in [0.717, 1.165) is 31.9 Å². The van der Waals surface area contributed by atoms with Crippen molar-refractivity contribution in [2.45, 2.75) is 36.6 Å². The van der Waals surface area contributed by atoms with E-state index in [9.17, 15) is 18.0 Å². The normalized spacial score (nSPS) is 14.4. The first-order valence-electron chi connectivity index (χ1n) is 9.56. The van der Waals surface area contributed by atoms with Gasteiger partial charge in [0.25, 0.3) is 5.91 Å². The molecule has 2 aromatic carbocycles. The van der Waals surface area contributed by atoms with Crippen LogP contribution in [0.3, 0.4) is 0 Å². The van der Waals surface area contributed by atoms with Crippen LogP contribution < -0.4 is 16.0 Å². The molecule has 0 radical (unpaired) electrons. The minimum Gasteiger partial charge on any atom is -0.376 e. The van der Waals surface area contributed by atoms with Crippen molar-refractivity contribution in [3.8, 4) is 0 Å². The van der Waals surface area contributed by atoms with Gasteiger partial charge in [0.05, 0.1) is 22.7 Å². The van der Waals surface area contributed by atoms with Crippen LogP contribution in [0.25, 0.3) is 0 Å². The molecule has 0 heterocycles. The average molecular weight is 416 g/mol. The van der Waals surface area contributed by atoms with Gasteiger partial charge in [0.1, 0.15) is 0 Å². The van der Waals surface area contributed by atoms with Gasteiger partial charge in [-0.15, -0.1) is 0 Å². The van der Waals surface area contributed by atoms with E-state index >= 15 is 0 Å². The van der Waals surface area contributed by atoms with E-state index in [1.54, 1.807) is 36.4 Å². The molecule has 7 nitrogen and oxygen atoms in total. The number of carbonyl (C=O) groups excluding carboxylic acids is 2. The molecule has 0 unspecified atom stereocenters. The lowest BCUT2D eigenvalue weighted by Gasteiger charge is -2.15. The molecule has 3 N–H and O–H groups in total. The van der Waals surface area contributed by atoms with Gasteiger partial charge >= 0.3 is 0 Å². The minimum atomic E-state index is -3.32. The molecule has 3 rings (SSSR count). The fourth-order valence-corrected chi connectivity index (χ4v) is 4.00. The van der Waals surface area contributed by atoms with Crippen molar-refractivity contribution in [2.75, 3.05) is 23.4 Å². The summed E-state index contributed by atoms with van der Waals surface area (Å²) in [5, 5.41) is 8.68. The van der Waals surface area contributed by atoms with E-state index in [1.165, 1.54) is 12.1 Å². The quantitative estimate of drug-likeness (QED) is 0.645. The summed E-state index contributed by atoms with van der Waals surface area (Å²) in [5.74, 6) is -0.530. The number of rotatable bonds is 7. The maximum atomic E-state index is 12.6. The third-order valence-electron chi connectivity index (χ3n) is 4.85. The molecule has 0 atom stereocenters. The number of nitrogens with one attached hydrogen (secondary N) is 3. The molecule has 0 bridgehead atoms. The molecular formula is C21H25N3O4S. The number of amides is 2. The molecule has 154 valence electrons. The Morgan fingerprint density at radius 1 is 1.03 bits per heavy atom. The second-order valence-electron chi connectivity index (χ2n) is 7.20. The molecule has 1 aliphatic carbocycles. The number of hydrogen-bond donors (Lipinski definition) is 3. The molecule has 0 spiro atoms. The fraction of sp³-hybridized carbons (Fsp3) is 0.333. The summed E-state index contributed by atoms with van der Waals surface area (Å²) in [5.41, 5.74) is 1.39. The summed E-state index contributed by atoms with van der Waals surface area (Å²) in [6, 6.07) is 13.3. The van der Waals surface area contributed by atoms with E-state index in [1.807, 2.05) is 0 Å². The summed E-state index contributed by atoms with van der Waals surface area (Å²) in [4.78, 5) is 25.1. The Morgan fingerprint density at radius 3 is 2.48 bits per heavy atom. The predicted octanol–water partition coefficient (Wildman–Crippen LogP) is 2.81. The summed E-state index contributed by atoms with van der Waals surface area (Å²) in [6.07, 6.45) is 5.34. The van der Waals surface area contributed by atoms with Crippen LogP contribution in [-0.4, -0.2) is 39.1 Å². The smallest absolute Gasteiger partial charge is 0.253 e. The minimum absolute atomic E-state index is 0.0637. The van der Waals surface area contributed by atoms with Gasteiger partial charge in [-0.05, 0) is 43.2 Å². The summed E-state index contributed by atoms with van der Waals surface area (Å²) >= 11 is 0. The zero-order valence-electron chi connectivity index (χ0n) is 16.3. The molecular weight excluding hydrogens is 390 g/mol. The highest BCUT2D eigenvalue weighted by Crippen LogP contribution is 2.20. The molecule has 2 amide bonds. The Hall–Kier alpha value is -2.87. The van der Waals surface area contributed by atoms with Crippen LogP contribution in [0.15, 0.2) is 53.4 Å². The lowest BCUT2D eigenvalue weighted by atomic mass is 10.1. The lowest BCUT2D eigenvalue weighted by molar-refractivity contribution is -0.114. The maximum absolute atomic E-state index is 12.6. The molecule has 8 heteroatoms. The zero-order chi connectivity index (χ0) is 20.9. The SMILES string of the molecule is CS(=O)(=O)c1cccc(NCC(=O)Nc2ccccc2C(=O)NC2CCCC2)c1. The van der Waals surface area contributed by atoms with Crippen LogP contribution >= 0.6 is 0 Å². The lowest BCUT2D eigenvalue weighted by Crippen LogP contribution is -2.33. The van der Waals surface area contributed by atoms with Gasteiger partial charge in [0.15, 0.2) is 9.84 Å². The van der Waals surface area contributed by atoms with Gasteiger partial charge in [0, 0.05) is 18.0 Å². The number of hydrogen-bond acceptors (Lipinski definition) is 5. The van der Waals surface area contributed by atoms with E-state index in [-0.39, 0.29) is 29.3 Å². The van der Waals surface area contributed by atoms with E-state index in [2.05, 4.69) is 16.0 Å². The van der Waals surface area contributed by atoms with Gasteiger partial charge in [-0.1, -0.05) is 31.0 Å². The molecule has 29 heavy (non-hydrogen) atoms. The molecule has 1 fully saturated rings. The number of benzene rings is 2. The monoisotopic (exact) mass is 415 g/mol. The van der Waals surface area contributed by atoms with Gasteiger partial charge < -0.3 is 16.0 Å². The van der Waals surface area contributed by atoms with Crippen LogP contribution in [0.2, 0.25) is 0 Å². The van der Waals surface area contributed by atoms with E-state index in [4.69, 9.17) is 0 Å². The van der Waals surface area contributed by atoms with Gasteiger partial charge in [-0.2, -0.15) is 0 Å². The molecule has 0 aromatic heterocycles. The summed E-state index contributed by atoms with van der Waals surface area (Å²) < 4.78 is 23.3. The zero-order valence-corrected chi connectivity index (χ0v) is 17.1. The van der Waals surface area contributed by atoms with E-state index < -0.39 is 9.84 Å². The third kappa shape index (κ3) is 5.80. The third-order valence-corrected chi connectivity index (χ3v) is 5.96. The number of sulfone groups is 1. The Kier molecular flexibility index (Phi) is 6.53. The summed E-state index contributed by atoms with van der Waals surface area (Å²) in [7, 11) is -3.32. The number of anilines is 2. The Labute approximate surface area is 170 Å². The van der Waals surface area contributed by atoms with Gasteiger partial charge in [-0.25, -0.2) is 8.42 Å². The van der Waals surface area contributed by atoms with Crippen LogP contribution in [0.4, 0.5) is 11.4 Å². The predicted molar refractivity (Wildman–Crippen MR) is 113 cm³/mol. The van der Waals surface area contributed by atoms with Crippen molar-refractivity contribution in [2.24, 2.45) is 0 Å². The molecule has 1 saturated carbocycles. The summed E-state index contributed by atoms with van der Waals surface area (Å²) in [6.45, 7) is -0.0637. The van der Waals surface area contributed by atoms with Crippen LogP contribution in [0.1, 0.15) is 36.0 Å². The van der Waals surface area contributed by atoms with Crippen molar-refractivity contribution < 1.29 is 18.0 Å². The highest BCUT2D eigenvalue weighted by Gasteiger charge is 2.20. The maximum Gasteiger partial charge on any atom is 0.253 e. The van der Waals surface area contributed by atoms with Crippen LogP contribution in [0.5, 0.6) is 0 Å². The highest BCUT2D eigenvalue weighted by atomic mass is 32.2. The average Bonchev–Trinajstić information content (AvgIpc) is 3.19. The standard InChI is InChI=1S/C21H25N3O4S/c1-29(27,28)17-10-6-9-16(13-17)22-14-20(25)24-19-12-5-4-11-18(19)21(26)23-15-7-2-3-8-15/h4-6,9-13,15,22H,2-3,7-8,14H2,1H3,(H,23,26)(H,24,25). The molecule has 1 aliphatic rings. The Bertz CT molecular complexity index is 998. The molecule has 2 aromatic rings. The molecule has 0 saturated heterocycles. The fourth-order valence-electron chi connectivity index (χ4n) is 3.34. The number of para-hydroxylation sites is 1. The van der Waals surface area contributed by atoms with Gasteiger partial charge in [-0.3, -0.25) is 9.59 Å². The van der Waals surface area contributed by atoms with Gasteiger partial charge in [0.2, 0.25) is 5.91 Å². The van der Waals surface area contributed by atoms with Crippen molar-refractivity contribution in [1.82, 2.24) is 5.32 Å².